The van der Waals surface area contributed by atoms with Crippen molar-refractivity contribution in [2.45, 2.75) is 25.3 Å². The van der Waals surface area contributed by atoms with E-state index in [2.05, 4.69) is 20.8 Å². The average Bonchev–Trinajstić information content (AvgIpc) is 2.87. The summed E-state index contributed by atoms with van der Waals surface area (Å²) in [5, 5.41) is 25.3. The smallest absolute Gasteiger partial charge is 0.326 e. The number of carbonyl (C=O) groups excluding carboxylic acids is 1. The number of carbonyl (C=O) groups is 3. The molecule has 0 saturated heterocycles. The van der Waals surface area contributed by atoms with Crippen LogP contribution >= 0.6 is 0 Å². The van der Waals surface area contributed by atoms with Gasteiger partial charge in [0.2, 0.25) is 5.89 Å². The van der Waals surface area contributed by atoms with Gasteiger partial charge in [0, 0.05) is 19.4 Å². The van der Waals surface area contributed by atoms with Crippen LogP contribution in [0.3, 0.4) is 0 Å². The number of nitrogens with zero attached hydrogens (tertiary/aromatic N) is 2. The van der Waals surface area contributed by atoms with Crippen LogP contribution in [0, 0.1) is 0 Å². The predicted octanol–water partition coefficient (Wildman–Crippen LogP) is -0.771. The van der Waals surface area contributed by atoms with Gasteiger partial charge in [0.05, 0.1) is 0 Å². The Labute approximate surface area is 113 Å². The van der Waals surface area contributed by atoms with E-state index >= 15 is 0 Å². The van der Waals surface area contributed by atoms with E-state index in [0.717, 1.165) is 0 Å². The van der Waals surface area contributed by atoms with E-state index in [9.17, 15) is 14.4 Å². The van der Waals surface area contributed by atoms with Gasteiger partial charge in [-0.2, -0.15) is 4.98 Å². The van der Waals surface area contributed by atoms with Crippen LogP contribution in [0.4, 0.5) is 4.79 Å². The van der Waals surface area contributed by atoms with Crippen molar-refractivity contribution in [3.8, 4) is 0 Å². The molecule has 1 aromatic rings. The van der Waals surface area contributed by atoms with Crippen molar-refractivity contribution < 1.29 is 29.1 Å². The number of carboxylic acid groups (broad SMARTS) is 2. The number of rotatable bonds is 8. The lowest BCUT2D eigenvalue weighted by atomic mass is 10.1. The van der Waals surface area contributed by atoms with Crippen LogP contribution in [0.15, 0.2) is 10.9 Å². The Kier molecular flexibility index (Phi) is 5.94. The third kappa shape index (κ3) is 5.80. The van der Waals surface area contributed by atoms with Gasteiger partial charge in [0.25, 0.3) is 0 Å². The largest absolute Gasteiger partial charge is 0.481 e. The zero-order valence-corrected chi connectivity index (χ0v) is 10.4. The number of aromatic nitrogens is 2. The summed E-state index contributed by atoms with van der Waals surface area (Å²) < 4.78 is 4.71. The first-order chi connectivity index (χ1) is 9.49. The van der Waals surface area contributed by atoms with Crippen LogP contribution in [0.2, 0.25) is 0 Å². The molecule has 1 rings (SSSR count). The maximum absolute atomic E-state index is 11.4. The number of hydrogen-bond donors (Lipinski definition) is 4. The van der Waals surface area contributed by atoms with Gasteiger partial charge in [-0.1, -0.05) is 5.16 Å². The highest BCUT2D eigenvalue weighted by Gasteiger charge is 2.20. The Bertz CT molecular complexity index is 460. The highest BCUT2D eigenvalue weighted by Crippen LogP contribution is 1.98. The molecule has 110 valence electrons. The summed E-state index contributed by atoms with van der Waals surface area (Å²) >= 11 is 0. The van der Waals surface area contributed by atoms with E-state index in [4.69, 9.17) is 14.7 Å². The van der Waals surface area contributed by atoms with Crippen LogP contribution in [-0.2, 0) is 16.0 Å². The van der Waals surface area contributed by atoms with Crippen molar-refractivity contribution in [2.24, 2.45) is 0 Å². The molecule has 2 amide bonds. The zero-order valence-electron chi connectivity index (χ0n) is 10.4. The number of urea groups is 1. The zero-order chi connectivity index (χ0) is 15.0. The molecule has 0 aromatic carbocycles. The second-order valence-electron chi connectivity index (χ2n) is 3.81. The van der Waals surface area contributed by atoms with E-state index in [1.807, 2.05) is 0 Å². The first-order valence-corrected chi connectivity index (χ1v) is 5.73. The van der Waals surface area contributed by atoms with Crippen molar-refractivity contribution in [2.75, 3.05) is 6.54 Å². The van der Waals surface area contributed by atoms with Gasteiger partial charge in [-0.3, -0.25) is 4.79 Å². The van der Waals surface area contributed by atoms with E-state index in [0.29, 0.717) is 12.3 Å². The fourth-order valence-corrected chi connectivity index (χ4v) is 1.32. The maximum atomic E-state index is 11.4. The highest BCUT2D eigenvalue weighted by atomic mass is 16.5. The van der Waals surface area contributed by atoms with Gasteiger partial charge in [-0.15, -0.1) is 0 Å². The van der Waals surface area contributed by atoms with Crippen molar-refractivity contribution >= 4 is 18.0 Å². The van der Waals surface area contributed by atoms with E-state index in [1.165, 1.54) is 6.33 Å². The fourth-order valence-electron chi connectivity index (χ4n) is 1.32. The molecule has 4 N–H and O–H groups in total. The molecule has 0 aliphatic rings. The lowest BCUT2D eigenvalue weighted by molar-refractivity contribution is -0.140. The molecule has 0 aliphatic carbocycles. The third-order valence-electron chi connectivity index (χ3n) is 2.28. The molecule has 1 aromatic heterocycles. The summed E-state index contributed by atoms with van der Waals surface area (Å²) in [4.78, 5) is 36.4. The number of amides is 2. The summed E-state index contributed by atoms with van der Waals surface area (Å²) in [7, 11) is 0. The average molecular weight is 286 g/mol. The number of carboxylic acids is 2. The fraction of sp³-hybridized carbons (Fsp3) is 0.500. The van der Waals surface area contributed by atoms with Gasteiger partial charge in [0.15, 0.2) is 6.33 Å². The molecule has 0 bridgehead atoms. The topological polar surface area (TPSA) is 155 Å². The van der Waals surface area contributed by atoms with Gasteiger partial charge in [-0.05, 0) is 6.42 Å². The summed E-state index contributed by atoms with van der Waals surface area (Å²) in [6, 6.07) is -1.96. The molecule has 0 unspecified atom stereocenters. The van der Waals surface area contributed by atoms with Crippen molar-refractivity contribution in [1.82, 2.24) is 20.8 Å². The molecular formula is C10H14N4O6. The Morgan fingerprint density at radius 2 is 2.10 bits per heavy atom. The predicted molar refractivity (Wildman–Crippen MR) is 62.8 cm³/mol. The third-order valence-corrected chi connectivity index (χ3v) is 2.28. The van der Waals surface area contributed by atoms with Crippen LogP contribution in [0.25, 0.3) is 0 Å². The molecule has 0 aliphatic heterocycles. The molecule has 0 saturated carbocycles. The molecule has 0 spiro atoms. The Balaban J connectivity index is 2.30. The van der Waals surface area contributed by atoms with Crippen LogP contribution < -0.4 is 10.6 Å². The van der Waals surface area contributed by atoms with Gasteiger partial charge < -0.3 is 25.4 Å². The summed E-state index contributed by atoms with van der Waals surface area (Å²) in [5.41, 5.74) is 0. The van der Waals surface area contributed by atoms with Crippen LogP contribution in [0.5, 0.6) is 0 Å². The first kappa shape index (κ1) is 15.4. The first-order valence-electron chi connectivity index (χ1n) is 5.73. The molecule has 20 heavy (non-hydrogen) atoms. The van der Waals surface area contributed by atoms with Gasteiger partial charge in [0.1, 0.15) is 6.04 Å². The standard InChI is InChI=1S/C10H14N4O6/c15-8(16)2-1-6(9(17)18)14-10(19)11-4-3-7-12-5-13-20-7/h5-6H,1-4H2,(H,15,16)(H,17,18)(H2,11,14,19)/t6-/m0/s1. The summed E-state index contributed by atoms with van der Waals surface area (Å²) in [6.45, 7) is 0.180. The highest BCUT2D eigenvalue weighted by molar-refractivity contribution is 5.82. The quantitative estimate of drug-likeness (QED) is 0.485. The normalized spacial score (nSPS) is 11.6. The Hall–Kier alpha value is -2.65. The molecule has 1 heterocycles. The molecular weight excluding hydrogens is 272 g/mol. The lowest BCUT2D eigenvalue weighted by Crippen LogP contribution is -2.46. The minimum absolute atomic E-state index is 0.180. The monoisotopic (exact) mass is 286 g/mol. The second-order valence-corrected chi connectivity index (χ2v) is 3.81. The Morgan fingerprint density at radius 1 is 1.35 bits per heavy atom. The number of hydrogen-bond acceptors (Lipinski definition) is 6. The molecule has 0 radical (unpaired) electrons. The van der Waals surface area contributed by atoms with Crippen LogP contribution in [0.1, 0.15) is 18.7 Å². The summed E-state index contributed by atoms with van der Waals surface area (Å²) in [5.74, 6) is -2.08. The number of nitrogens with one attached hydrogen (secondary N) is 2. The van der Waals surface area contributed by atoms with Crippen molar-refractivity contribution in [3.63, 3.8) is 0 Å². The Morgan fingerprint density at radius 3 is 2.65 bits per heavy atom. The van der Waals surface area contributed by atoms with Gasteiger partial charge in [-0.25, -0.2) is 9.59 Å². The minimum atomic E-state index is -1.29. The van der Waals surface area contributed by atoms with Crippen molar-refractivity contribution in [1.29, 1.82) is 0 Å². The lowest BCUT2D eigenvalue weighted by Gasteiger charge is -2.13. The SMILES string of the molecule is O=C(O)CC[C@H](NC(=O)NCCc1ncno1)C(=O)O. The molecule has 10 heteroatoms. The van der Waals surface area contributed by atoms with Gasteiger partial charge >= 0.3 is 18.0 Å². The summed E-state index contributed by atoms with van der Waals surface area (Å²) in [6.07, 6.45) is 0.989. The molecule has 1 atom stereocenters. The maximum Gasteiger partial charge on any atom is 0.326 e. The van der Waals surface area contributed by atoms with E-state index in [-0.39, 0.29) is 19.4 Å². The van der Waals surface area contributed by atoms with E-state index in [1.54, 1.807) is 0 Å². The van der Waals surface area contributed by atoms with Crippen molar-refractivity contribution in [3.05, 3.63) is 12.2 Å². The molecule has 0 fully saturated rings. The molecule has 10 nitrogen and oxygen atoms in total. The second kappa shape index (κ2) is 7.71. The van der Waals surface area contributed by atoms with E-state index < -0.39 is 24.0 Å². The van der Waals surface area contributed by atoms with Crippen LogP contribution in [-0.4, -0.2) is 50.9 Å². The number of aliphatic carboxylic acids is 2. The minimum Gasteiger partial charge on any atom is -0.481 e.